The molecule has 4 heteroatoms. The molecule has 5 aromatic carbocycles. The van der Waals surface area contributed by atoms with Crippen LogP contribution >= 0.6 is 11.3 Å². The van der Waals surface area contributed by atoms with Crippen molar-refractivity contribution in [3.05, 3.63) is 119 Å². The smallest absolute Gasteiger partial charge is 0.193 e. The highest BCUT2D eigenvalue weighted by molar-refractivity contribution is 7.22. The molecule has 0 saturated carbocycles. The van der Waals surface area contributed by atoms with E-state index in [4.69, 9.17) is 4.42 Å². The van der Waals surface area contributed by atoms with Gasteiger partial charge in [0.1, 0.15) is 5.58 Å². The van der Waals surface area contributed by atoms with Crippen LogP contribution in [0.2, 0.25) is 0 Å². The highest BCUT2D eigenvalue weighted by atomic mass is 32.1. The molecule has 10 rings (SSSR count). The van der Waals surface area contributed by atoms with Crippen LogP contribution in [0.4, 0.5) is 0 Å². The number of benzene rings is 5. The van der Waals surface area contributed by atoms with Crippen molar-refractivity contribution >= 4 is 72.6 Å². The molecule has 0 spiro atoms. The summed E-state index contributed by atoms with van der Waals surface area (Å²) in [5, 5.41) is 3.71. The van der Waals surface area contributed by atoms with Crippen LogP contribution in [0.25, 0.3) is 64.6 Å². The van der Waals surface area contributed by atoms with Crippen LogP contribution in [0.3, 0.4) is 0 Å². The summed E-state index contributed by atoms with van der Waals surface area (Å²) in [7, 11) is 0.959. The first-order chi connectivity index (χ1) is 20.2. The van der Waals surface area contributed by atoms with Gasteiger partial charge in [-0.15, -0.1) is 11.3 Å². The molecule has 2 nitrogen and oxygen atoms in total. The zero-order chi connectivity index (χ0) is 26.8. The summed E-state index contributed by atoms with van der Waals surface area (Å²) in [5.41, 5.74) is 17.0. The van der Waals surface area contributed by atoms with Crippen molar-refractivity contribution in [2.75, 3.05) is 0 Å². The van der Waals surface area contributed by atoms with Gasteiger partial charge in [-0.25, -0.2) is 0 Å². The largest absolute Gasteiger partial charge is 0.454 e. The van der Waals surface area contributed by atoms with Gasteiger partial charge in [0.2, 0.25) is 0 Å². The van der Waals surface area contributed by atoms with Crippen LogP contribution in [-0.4, -0.2) is 12.3 Å². The fourth-order valence-corrected chi connectivity index (χ4v) is 9.11. The predicted molar refractivity (Wildman–Crippen MR) is 175 cm³/mol. The van der Waals surface area contributed by atoms with E-state index in [1.54, 1.807) is 5.56 Å². The molecule has 1 aliphatic heterocycles. The zero-order valence-electron chi connectivity index (χ0n) is 22.5. The van der Waals surface area contributed by atoms with Crippen molar-refractivity contribution < 1.29 is 4.42 Å². The Bertz CT molecular complexity index is 2400. The van der Waals surface area contributed by atoms with E-state index in [0.717, 1.165) is 46.7 Å². The van der Waals surface area contributed by atoms with E-state index in [2.05, 4.69) is 96.8 Å². The van der Waals surface area contributed by atoms with E-state index in [-0.39, 0.29) is 0 Å². The summed E-state index contributed by atoms with van der Waals surface area (Å²) in [6.07, 6.45) is 1.06. The Hall–Kier alpha value is -4.54. The van der Waals surface area contributed by atoms with Crippen molar-refractivity contribution in [2.45, 2.75) is 19.3 Å². The summed E-state index contributed by atoms with van der Waals surface area (Å²) in [6.45, 7) is 2.26. The second-order valence-corrected chi connectivity index (χ2v) is 12.8. The molecule has 2 aliphatic rings. The topological polar surface area (TPSA) is 28.9 Å². The number of thiophene rings is 1. The highest BCUT2D eigenvalue weighted by Crippen LogP contribution is 2.50. The Balaban J connectivity index is 1.23. The summed E-state index contributed by atoms with van der Waals surface area (Å²) < 4.78 is 7.76. The average molecular weight is 541 g/mol. The molecule has 3 aromatic heterocycles. The van der Waals surface area contributed by atoms with Crippen LogP contribution in [-0.2, 0) is 6.42 Å². The molecule has 0 radical (unpaired) electrons. The number of hydrogen-bond donors (Lipinski definition) is 1. The Kier molecular flexibility index (Phi) is 4.22. The monoisotopic (exact) mass is 541 g/mol. The molecule has 0 saturated heterocycles. The van der Waals surface area contributed by atoms with Crippen molar-refractivity contribution in [1.82, 2.24) is 4.98 Å². The van der Waals surface area contributed by atoms with Gasteiger partial charge < -0.3 is 9.40 Å². The van der Waals surface area contributed by atoms with Gasteiger partial charge >= 0.3 is 0 Å². The first kappa shape index (κ1) is 22.2. The first-order valence-electron chi connectivity index (χ1n) is 14.4. The summed E-state index contributed by atoms with van der Waals surface area (Å²) in [4.78, 5) is 5.27. The SMILES string of the molecule is Cc1cc(-c2cccc3c2[nH]c2c4ccccc4oc32)c2c(c1)C1Cc3c(sc4ccccc34)-c3cccc(c31)B2. The number of hydrogen-bond acceptors (Lipinski definition) is 2. The lowest BCUT2D eigenvalue weighted by Crippen LogP contribution is -2.42. The van der Waals surface area contributed by atoms with Crippen LogP contribution < -0.4 is 10.9 Å². The molecule has 0 amide bonds. The number of aromatic nitrogens is 1. The van der Waals surface area contributed by atoms with E-state index in [1.165, 1.54) is 59.3 Å². The summed E-state index contributed by atoms with van der Waals surface area (Å²) in [6, 6.07) is 35.8. The number of para-hydroxylation sites is 2. The standard InChI is InChI=1S/C37H24BNOS/c1-19-16-26(21-10-6-12-24-34(21)39-35-22-9-2-4-14-30(22)40-36(24)35)33-27(17-19)25-18-28-20-8-3-5-15-31(20)41-37(28)23-11-7-13-29(38-33)32(23)25/h2-17,25,38-39H,18H2,1H3. The lowest BCUT2D eigenvalue weighted by atomic mass is 9.50. The Morgan fingerprint density at radius 3 is 2.54 bits per heavy atom. The van der Waals surface area contributed by atoms with Crippen LogP contribution in [0.5, 0.6) is 0 Å². The number of aryl methyl sites for hydroxylation is 1. The number of H-pyrrole nitrogens is 1. The van der Waals surface area contributed by atoms with Crippen LogP contribution in [0.1, 0.15) is 28.2 Å². The Morgan fingerprint density at radius 2 is 1.59 bits per heavy atom. The van der Waals surface area contributed by atoms with Gasteiger partial charge in [0.25, 0.3) is 0 Å². The number of nitrogens with one attached hydrogen (secondary N) is 1. The minimum absolute atomic E-state index is 0.372. The fourth-order valence-electron chi connectivity index (χ4n) is 7.84. The minimum Gasteiger partial charge on any atom is -0.454 e. The third kappa shape index (κ3) is 2.88. The number of fused-ring (bicyclic) bond motifs is 11. The third-order valence-electron chi connectivity index (χ3n) is 9.51. The number of furan rings is 1. The van der Waals surface area contributed by atoms with E-state index >= 15 is 0 Å². The normalized spacial score (nSPS) is 15.3. The molecule has 4 heterocycles. The van der Waals surface area contributed by atoms with Gasteiger partial charge in [-0.2, -0.15) is 0 Å². The van der Waals surface area contributed by atoms with Crippen molar-refractivity contribution in [2.24, 2.45) is 0 Å². The number of aromatic amines is 1. The van der Waals surface area contributed by atoms with Crippen molar-refractivity contribution in [3.8, 4) is 21.6 Å². The molecule has 1 N–H and O–H groups in total. The van der Waals surface area contributed by atoms with Gasteiger partial charge in [0, 0.05) is 31.8 Å². The average Bonchev–Trinajstić information content (AvgIpc) is 3.67. The van der Waals surface area contributed by atoms with Crippen molar-refractivity contribution in [3.63, 3.8) is 0 Å². The van der Waals surface area contributed by atoms with E-state index in [9.17, 15) is 0 Å². The lowest BCUT2D eigenvalue weighted by Gasteiger charge is -2.35. The maximum Gasteiger partial charge on any atom is 0.193 e. The van der Waals surface area contributed by atoms with Crippen LogP contribution in [0.15, 0.2) is 101 Å². The molecule has 8 aromatic rings. The maximum absolute atomic E-state index is 6.37. The highest BCUT2D eigenvalue weighted by Gasteiger charge is 2.36. The summed E-state index contributed by atoms with van der Waals surface area (Å²) in [5.74, 6) is 0.372. The Labute approximate surface area is 241 Å². The van der Waals surface area contributed by atoms with E-state index in [0.29, 0.717) is 5.92 Å². The van der Waals surface area contributed by atoms with Gasteiger partial charge in [0.05, 0.1) is 11.0 Å². The molecule has 192 valence electrons. The number of rotatable bonds is 1. The molecular weight excluding hydrogens is 517 g/mol. The van der Waals surface area contributed by atoms with Crippen LogP contribution in [0, 0.1) is 6.92 Å². The quantitative estimate of drug-likeness (QED) is 0.208. The molecule has 41 heavy (non-hydrogen) atoms. The molecule has 0 fully saturated rings. The molecule has 0 bridgehead atoms. The van der Waals surface area contributed by atoms with Gasteiger partial charge in [-0.3, -0.25) is 0 Å². The van der Waals surface area contributed by atoms with E-state index < -0.39 is 0 Å². The minimum atomic E-state index is 0.372. The zero-order valence-corrected chi connectivity index (χ0v) is 23.4. The Morgan fingerprint density at radius 1 is 0.780 bits per heavy atom. The van der Waals surface area contributed by atoms with Gasteiger partial charge in [-0.1, -0.05) is 89.3 Å². The van der Waals surface area contributed by atoms with Gasteiger partial charge in [-0.05, 0) is 70.8 Å². The molecule has 1 unspecified atom stereocenters. The predicted octanol–water partition coefficient (Wildman–Crippen LogP) is 8.31. The molecular formula is C37H24BNOS. The summed E-state index contributed by atoms with van der Waals surface area (Å²) >= 11 is 1.96. The van der Waals surface area contributed by atoms with Gasteiger partial charge in [0.15, 0.2) is 12.9 Å². The molecule has 1 aliphatic carbocycles. The second-order valence-electron chi connectivity index (χ2n) is 11.8. The fraction of sp³-hybridized carbons (Fsp3) is 0.0811. The first-order valence-corrected chi connectivity index (χ1v) is 15.2. The molecule has 1 atom stereocenters. The third-order valence-corrected chi connectivity index (χ3v) is 10.8. The maximum atomic E-state index is 6.37. The van der Waals surface area contributed by atoms with E-state index in [1.807, 2.05) is 23.5 Å². The lowest BCUT2D eigenvalue weighted by molar-refractivity contribution is 0.673. The van der Waals surface area contributed by atoms with Crippen molar-refractivity contribution in [1.29, 1.82) is 0 Å². The second kappa shape index (κ2) is 7.81.